The quantitative estimate of drug-likeness (QED) is 0.868. The van der Waals surface area contributed by atoms with Crippen LogP contribution in [0.5, 0.6) is 5.75 Å². The molecule has 0 radical (unpaired) electrons. The molecule has 1 aliphatic rings. The molecule has 2 nitrogen and oxygen atoms in total. The molecule has 0 aromatic heterocycles. The van der Waals surface area contributed by atoms with Gasteiger partial charge in [0, 0.05) is 11.3 Å². The summed E-state index contributed by atoms with van der Waals surface area (Å²) in [6.45, 7) is 5.37. The highest BCUT2D eigenvalue weighted by Crippen LogP contribution is 2.53. The van der Waals surface area contributed by atoms with Gasteiger partial charge in [-0.15, -0.1) is 11.8 Å². The lowest BCUT2D eigenvalue weighted by Crippen LogP contribution is -2.22. The Balaban J connectivity index is 2.23. The Kier molecular flexibility index (Phi) is 3.69. The number of methoxy groups -OCH3 is 1. The molecule has 2 rings (SSSR count). The molecule has 1 N–H and O–H groups in total. The van der Waals surface area contributed by atoms with Crippen molar-refractivity contribution in [3.05, 3.63) is 23.3 Å². The van der Waals surface area contributed by atoms with Crippen molar-refractivity contribution >= 4 is 11.8 Å². The third kappa shape index (κ3) is 2.78. The van der Waals surface area contributed by atoms with Crippen molar-refractivity contribution < 1.29 is 4.74 Å². The van der Waals surface area contributed by atoms with Crippen LogP contribution in [0.2, 0.25) is 0 Å². The predicted molar refractivity (Wildman–Crippen MR) is 74.2 cm³/mol. The highest BCUT2D eigenvalue weighted by atomic mass is 32.2. The van der Waals surface area contributed by atoms with Crippen LogP contribution in [-0.4, -0.2) is 25.4 Å². The van der Waals surface area contributed by atoms with Crippen LogP contribution in [0.1, 0.15) is 24.0 Å². The van der Waals surface area contributed by atoms with E-state index >= 15 is 0 Å². The molecule has 0 unspecified atom stereocenters. The van der Waals surface area contributed by atoms with Gasteiger partial charge in [0.1, 0.15) is 5.75 Å². The van der Waals surface area contributed by atoms with E-state index in [9.17, 15) is 0 Å². The van der Waals surface area contributed by atoms with E-state index in [-0.39, 0.29) is 0 Å². The van der Waals surface area contributed by atoms with Crippen molar-refractivity contribution in [2.24, 2.45) is 0 Å². The standard InChI is InChI=1S/C14H21NOS/c1-10-7-12(16-4)13(8-11(10)2)17-14(5-6-14)9-15-3/h7-8,15H,5-6,9H2,1-4H3. The maximum absolute atomic E-state index is 5.49. The summed E-state index contributed by atoms with van der Waals surface area (Å²) < 4.78 is 5.90. The lowest BCUT2D eigenvalue weighted by molar-refractivity contribution is 0.404. The third-order valence-electron chi connectivity index (χ3n) is 3.41. The van der Waals surface area contributed by atoms with E-state index in [0.29, 0.717) is 4.75 Å². The second kappa shape index (κ2) is 4.91. The lowest BCUT2D eigenvalue weighted by Gasteiger charge is -2.17. The minimum Gasteiger partial charge on any atom is -0.496 e. The average molecular weight is 251 g/mol. The monoisotopic (exact) mass is 251 g/mol. The molecule has 0 amide bonds. The first kappa shape index (κ1) is 12.8. The number of nitrogens with one attached hydrogen (secondary N) is 1. The number of rotatable bonds is 5. The first-order chi connectivity index (χ1) is 8.10. The van der Waals surface area contributed by atoms with Gasteiger partial charge in [0.25, 0.3) is 0 Å². The van der Waals surface area contributed by atoms with Gasteiger partial charge in [0.2, 0.25) is 0 Å². The summed E-state index contributed by atoms with van der Waals surface area (Å²) >= 11 is 1.97. The van der Waals surface area contributed by atoms with Crippen LogP contribution in [0.3, 0.4) is 0 Å². The van der Waals surface area contributed by atoms with E-state index in [1.165, 1.54) is 28.9 Å². The Morgan fingerprint density at radius 3 is 2.47 bits per heavy atom. The van der Waals surface area contributed by atoms with Crippen molar-refractivity contribution in [1.29, 1.82) is 0 Å². The van der Waals surface area contributed by atoms with Gasteiger partial charge in [0.15, 0.2) is 0 Å². The smallest absolute Gasteiger partial charge is 0.132 e. The van der Waals surface area contributed by atoms with Gasteiger partial charge in [-0.2, -0.15) is 0 Å². The fourth-order valence-electron chi connectivity index (χ4n) is 2.01. The fourth-order valence-corrected chi connectivity index (χ4v) is 3.48. The van der Waals surface area contributed by atoms with Crippen LogP contribution in [0.4, 0.5) is 0 Å². The fraction of sp³-hybridized carbons (Fsp3) is 0.571. The molecule has 1 aromatic carbocycles. The van der Waals surface area contributed by atoms with Crippen molar-refractivity contribution in [1.82, 2.24) is 5.32 Å². The van der Waals surface area contributed by atoms with Crippen LogP contribution in [0.25, 0.3) is 0 Å². The zero-order chi connectivity index (χ0) is 12.5. The minimum atomic E-state index is 0.406. The molecule has 0 aliphatic heterocycles. The largest absolute Gasteiger partial charge is 0.496 e. The summed E-state index contributed by atoms with van der Waals surface area (Å²) in [5, 5.41) is 3.29. The predicted octanol–water partition coefficient (Wildman–Crippen LogP) is 3.16. The SMILES string of the molecule is CNCC1(Sc2cc(C)c(C)cc2OC)CC1. The number of thioether (sulfide) groups is 1. The minimum absolute atomic E-state index is 0.406. The van der Waals surface area contributed by atoms with Crippen LogP contribution in [-0.2, 0) is 0 Å². The van der Waals surface area contributed by atoms with Gasteiger partial charge in [-0.3, -0.25) is 0 Å². The molecule has 1 fully saturated rings. The lowest BCUT2D eigenvalue weighted by atomic mass is 10.1. The Morgan fingerprint density at radius 1 is 1.29 bits per heavy atom. The number of hydrogen-bond acceptors (Lipinski definition) is 3. The number of aryl methyl sites for hydroxylation is 2. The van der Waals surface area contributed by atoms with Gasteiger partial charge in [-0.1, -0.05) is 0 Å². The first-order valence-corrected chi connectivity index (χ1v) is 6.91. The summed E-state index contributed by atoms with van der Waals surface area (Å²) in [5.41, 5.74) is 2.64. The van der Waals surface area contributed by atoms with Gasteiger partial charge < -0.3 is 10.1 Å². The zero-order valence-electron chi connectivity index (χ0n) is 11.1. The van der Waals surface area contributed by atoms with E-state index < -0.39 is 0 Å². The van der Waals surface area contributed by atoms with E-state index in [2.05, 4.69) is 31.3 Å². The number of hydrogen-bond donors (Lipinski definition) is 1. The van der Waals surface area contributed by atoms with Crippen LogP contribution >= 0.6 is 11.8 Å². The van der Waals surface area contributed by atoms with E-state index in [1.54, 1.807) is 7.11 Å². The Morgan fingerprint density at radius 2 is 1.94 bits per heavy atom. The molecular formula is C14H21NOS. The second-order valence-corrected chi connectivity index (χ2v) is 6.41. The maximum atomic E-state index is 5.49. The Bertz CT molecular complexity index is 413. The first-order valence-electron chi connectivity index (χ1n) is 6.09. The second-order valence-electron chi connectivity index (χ2n) is 4.90. The van der Waals surface area contributed by atoms with Gasteiger partial charge in [0.05, 0.1) is 12.0 Å². The van der Waals surface area contributed by atoms with E-state index in [4.69, 9.17) is 4.74 Å². The Labute approximate surface area is 108 Å². The van der Waals surface area contributed by atoms with Gasteiger partial charge >= 0.3 is 0 Å². The number of ether oxygens (including phenoxy) is 1. The molecule has 0 saturated heterocycles. The Hall–Kier alpha value is -0.670. The molecule has 0 spiro atoms. The summed E-state index contributed by atoms with van der Waals surface area (Å²) in [4.78, 5) is 1.28. The average Bonchev–Trinajstić information content (AvgIpc) is 3.03. The molecule has 1 aromatic rings. The van der Waals surface area contributed by atoms with Gasteiger partial charge in [-0.05, 0) is 57.0 Å². The summed E-state index contributed by atoms with van der Waals surface area (Å²) in [6, 6.07) is 4.40. The molecular weight excluding hydrogens is 230 g/mol. The van der Waals surface area contributed by atoms with E-state index in [1.807, 2.05) is 18.8 Å². The molecule has 0 heterocycles. The molecule has 94 valence electrons. The summed E-state index contributed by atoms with van der Waals surface area (Å²) in [5.74, 6) is 1.01. The van der Waals surface area contributed by atoms with Crippen molar-refractivity contribution in [2.45, 2.75) is 36.3 Å². The highest BCUT2D eigenvalue weighted by Gasteiger charge is 2.43. The van der Waals surface area contributed by atoms with Crippen molar-refractivity contribution in [3.8, 4) is 5.75 Å². The third-order valence-corrected chi connectivity index (χ3v) is 4.94. The summed E-state index contributed by atoms with van der Waals surface area (Å²) in [6.07, 6.45) is 2.60. The molecule has 0 atom stereocenters. The molecule has 0 bridgehead atoms. The summed E-state index contributed by atoms with van der Waals surface area (Å²) in [7, 11) is 3.78. The molecule has 1 aliphatic carbocycles. The van der Waals surface area contributed by atoms with Crippen LogP contribution in [0.15, 0.2) is 17.0 Å². The number of benzene rings is 1. The van der Waals surface area contributed by atoms with E-state index in [0.717, 1.165) is 12.3 Å². The van der Waals surface area contributed by atoms with Gasteiger partial charge in [-0.25, -0.2) is 0 Å². The molecule has 1 saturated carbocycles. The van der Waals surface area contributed by atoms with Crippen molar-refractivity contribution in [3.63, 3.8) is 0 Å². The van der Waals surface area contributed by atoms with Crippen LogP contribution in [0, 0.1) is 13.8 Å². The normalized spacial score (nSPS) is 16.9. The highest BCUT2D eigenvalue weighted by molar-refractivity contribution is 8.01. The molecule has 17 heavy (non-hydrogen) atoms. The van der Waals surface area contributed by atoms with Crippen LogP contribution < -0.4 is 10.1 Å². The topological polar surface area (TPSA) is 21.3 Å². The molecule has 3 heteroatoms. The maximum Gasteiger partial charge on any atom is 0.132 e. The zero-order valence-corrected chi connectivity index (χ0v) is 11.9. The van der Waals surface area contributed by atoms with Crippen molar-refractivity contribution in [2.75, 3.05) is 20.7 Å².